The summed E-state index contributed by atoms with van der Waals surface area (Å²) in [6.07, 6.45) is 3.40. The molecule has 0 bridgehead atoms. The number of aromatic nitrogens is 1. The van der Waals surface area contributed by atoms with Gasteiger partial charge in [0.15, 0.2) is 0 Å². The fourth-order valence-corrected chi connectivity index (χ4v) is 3.19. The van der Waals surface area contributed by atoms with Crippen molar-refractivity contribution in [2.75, 3.05) is 18.4 Å². The van der Waals surface area contributed by atoms with Crippen molar-refractivity contribution < 1.29 is 9.72 Å². The van der Waals surface area contributed by atoms with Crippen molar-refractivity contribution >= 4 is 42.2 Å². The van der Waals surface area contributed by atoms with E-state index in [1.54, 1.807) is 11.0 Å². The molecule has 0 aliphatic carbocycles. The van der Waals surface area contributed by atoms with Crippen LogP contribution in [0.15, 0.2) is 18.3 Å². The Kier molecular flexibility index (Phi) is 8.02. The summed E-state index contributed by atoms with van der Waals surface area (Å²) in [5.74, 6) is 0.511. The van der Waals surface area contributed by atoms with Crippen LogP contribution in [0.3, 0.4) is 0 Å². The number of hydrogen-bond acceptors (Lipinski definition) is 7. The molecule has 0 radical (unpaired) electrons. The number of carbonyl (C=O) groups excluding carboxylic acids is 1. The molecule has 0 spiro atoms. The van der Waals surface area contributed by atoms with Gasteiger partial charge in [-0.3, -0.25) is 14.9 Å². The lowest BCUT2D eigenvalue weighted by molar-refractivity contribution is -0.385. The van der Waals surface area contributed by atoms with E-state index in [4.69, 9.17) is 5.26 Å². The van der Waals surface area contributed by atoms with E-state index >= 15 is 0 Å². The van der Waals surface area contributed by atoms with Gasteiger partial charge >= 0.3 is 0 Å². The highest BCUT2D eigenvalue weighted by atomic mass is 35.5. The summed E-state index contributed by atoms with van der Waals surface area (Å²) >= 11 is 0. The van der Waals surface area contributed by atoms with Crippen molar-refractivity contribution in [2.24, 2.45) is 0 Å². The normalized spacial score (nSPS) is 24.1. The molecule has 2 saturated heterocycles. The molecule has 3 heterocycles. The first-order chi connectivity index (χ1) is 11.6. The Hall–Kier alpha value is -2.15. The molecule has 2 fully saturated rings. The van der Waals surface area contributed by atoms with E-state index in [9.17, 15) is 14.9 Å². The maximum atomic E-state index is 12.5. The highest BCUT2D eigenvalue weighted by Crippen LogP contribution is 2.21. The Labute approximate surface area is 163 Å². The van der Waals surface area contributed by atoms with Gasteiger partial charge in [-0.15, -0.1) is 24.8 Å². The number of amides is 1. The number of likely N-dealkylation sites (tertiary alicyclic amines) is 1. The lowest BCUT2D eigenvalue weighted by Gasteiger charge is -2.23. The van der Waals surface area contributed by atoms with E-state index < -0.39 is 4.92 Å². The molecule has 0 unspecified atom stereocenters. The summed E-state index contributed by atoms with van der Waals surface area (Å²) in [6.45, 7) is 1.23. The fourth-order valence-electron chi connectivity index (χ4n) is 3.19. The highest BCUT2D eigenvalue weighted by Gasteiger charge is 2.37. The highest BCUT2D eigenvalue weighted by molar-refractivity contribution is 5.85. The third-order valence-corrected chi connectivity index (χ3v) is 4.42. The monoisotopic (exact) mass is 402 g/mol. The number of hydrogen-bond donors (Lipinski definition) is 2. The first-order valence-corrected chi connectivity index (χ1v) is 7.89. The van der Waals surface area contributed by atoms with Crippen molar-refractivity contribution in [3.05, 3.63) is 28.4 Å². The maximum absolute atomic E-state index is 12.5. The SMILES string of the molecule is Cl.Cl.N#C[C@@H]1CCCN1C(=O)[C@@H]1C[C@H](Nc2ccc([N+](=O)[O-])cn2)CN1. The smallest absolute Gasteiger partial charge is 0.287 e. The zero-order valence-corrected chi connectivity index (χ0v) is 15.5. The van der Waals surface area contributed by atoms with E-state index in [-0.39, 0.29) is 54.5 Å². The zero-order valence-electron chi connectivity index (χ0n) is 13.8. The number of nitrogens with zero attached hydrogens (tertiary/aromatic N) is 4. The van der Waals surface area contributed by atoms with E-state index in [2.05, 4.69) is 21.7 Å². The van der Waals surface area contributed by atoms with E-state index in [0.29, 0.717) is 25.3 Å². The molecule has 1 amide bonds. The number of halogens is 2. The van der Waals surface area contributed by atoms with Crippen LogP contribution in [0.5, 0.6) is 0 Å². The Balaban J connectivity index is 0.00000169. The van der Waals surface area contributed by atoms with Gasteiger partial charge in [-0.25, -0.2) is 4.98 Å². The quantitative estimate of drug-likeness (QED) is 0.577. The summed E-state index contributed by atoms with van der Waals surface area (Å²) in [5.41, 5.74) is -0.0604. The molecular formula is C15H20Cl2N6O3. The lowest BCUT2D eigenvalue weighted by Crippen LogP contribution is -2.45. The zero-order chi connectivity index (χ0) is 17.1. The maximum Gasteiger partial charge on any atom is 0.287 e. The minimum absolute atomic E-state index is 0. The Morgan fingerprint density at radius 2 is 2.23 bits per heavy atom. The molecule has 142 valence electrons. The summed E-state index contributed by atoms with van der Waals surface area (Å²) in [7, 11) is 0. The Bertz CT molecular complexity index is 681. The number of rotatable bonds is 4. The summed E-state index contributed by atoms with van der Waals surface area (Å²) < 4.78 is 0. The van der Waals surface area contributed by atoms with Crippen molar-refractivity contribution in [2.45, 2.75) is 37.4 Å². The summed E-state index contributed by atoms with van der Waals surface area (Å²) in [5, 5.41) is 26.1. The second-order valence-corrected chi connectivity index (χ2v) is 6.02. The fraction of sp³-hybridized carbons (Fsp3) is 0.533. The van der Waals surface area contributed by atoms with Gasteiger partial charge in [0.2, 0.25) is 5.91 Å². The molecule has 0 aromatic carbocycles. The predicted octanol–water partition coefficient (Wildman–Crippen LogP) is 1.49. The van der Waals surface area contributed by atoms with Gasteiger partial charge in [0.25, 0.3) is 5.69 Å². The van der Waals surface area contributed by atoms with Gasteiger partial charge in [0.1, 0.15) is 18.1 Å². The van der Waals surface area contributed by atoms with Crippen LogP contribution in [0.1, 0.15) is 19.3 Å². The first-order valence-electron chi connectivity index (χ1n) is 7.89. The molecule has 0 saturated carbocycles. The molecule has 11 heteroatoms. The molecule has 2 N–H and O–H groups in total. The number of pyridine rings is 1. The number of anilines is 1. The molecule has 3 atom stereocenters. The second kappa shape index (κ2) is 9.52. The average molecular weight is 403 g/mol. The topological polar surface area (TPSA) is 124 Å². The second-order valence-electron chi connectivity index (χ2n) is 6.02. The molecule has 1 aromatic rings. The van der Waals surface area contributed by atoms with Gasteiger partial charge in [-0.2, -0.15) is 5.26 Å². The molecule has 26 heavy (non-hydrogen) atoms. The van der Waals surface area contributed by atoms with Crippen LogP contribution in [0.2, 0.25) is 0 Å². The van der Waals surface area contributed by atoms with Crippen LogP contribution in [0, 0.1) is 21.4 Å². The Morgan fingerprint density at radius 3 is 2.85 bits per heavy atom. The molecule has 1 aromatic heterocycles. The Morgan fingerprint density at radius 1 is 1.46 bits per heavy atom. The van der Waals surface area contributed by atoms with E-state index in [0.717, 1.165) is 12.8 Å². The van der Waals surface area contributed by atoms with Crippen LogP contribution in [-0.2, 0) is 4.79 Å². The van der Waals surface area contributed by atoms with Crippen molar-refractivity contribution in [1.82, 2.24) is 15.2 Å². The standard InChI is InChI=1S/C15H18N6O3.2ClH/c16-7-11-2-1-5-20(11)15(22)13-6-10(8-17-13)19-14-4-3-12(9-18-14)21(23)24;;/h3-4,9-11,13,17H,1-2,5-6,8H2,(H,18,19);2*1H/t10-,11-,13-;;/m0../s1. The van der Waals surface area contributed by atoms with Crippen LogP contribution in [-0.4, -0.2) is 51.9 Å². The van der Waals surface area contributed by atoms with Gasteiger partial charge in [-0.1, -0.05) is 0 Å². The number of carbonyl (C=O) groups is 1. The van der Waals surface area contributed by atoms with Crippen molar-refractivity contribution in [1.29, 1.82) is 5.26 Å². The third-order valence-electron chi connectivity index (χ3n) is 4.42. The summed E-state index contributed by atoms with van der Waals surface area (Å²) in [4.78, 5) is 28.3. The largest absolute Gasteiger partial charge is 0.366 e. The van der Waals surface area contributed by atoms with E-state index in [1.807, 2.05) is 0 Å². The van der Waals surface area contributed by atoms with Gasteiger partial charge < -0.3 is 15.5 Å². The van der Waals surface area contributed by atoms with Crippen LogP contribution in [0.4, 0.5) is 11.5 Å². The number of nitro groups is 1. The number of nitriles is 1. The molecular weight excluding hydrogens is 383 g/mol. The van der Waals surface area contributed by atoms with E-state index in [1.165, 1.54) is 12.3 Å². The van der Waals surface area contributed by atoms with Gasteiger partial charge in [0, 0.05) is 25.2 Å². The number of nitrogens with one attached hydrogen (secondary N) is 2. The predicted molar refractivity (Wildman–Crippen MR) is 99.6 cm³/mol. The first kappa shape index (κ1) is 21.9. The van der Waals surface area contributed by atoms with Crippen molar-refractivity contribution in [3.63, 3.8) is 0 Å². The summed E-state index contributed by atoms with van der Waals surface area (Å²) in [6, 6.07) is 4.51. The minimum atomic E-state index is -0.496. The third kappa shape index (κ3) is 4.72. The average Bonchev–Trinajstić information content (AvgIpc) is 3.23. The van der Waals surface area contributed by atoms with Crippen LogP contribution in [0.25, 0.3) is 0 Å². The van der Waals surface area contributed by atoms with Crippen LogP contribution >= 0.6 is 24.8 Å². The lowest BCUT2D eigenvalue weighted by atomic mass is 10.1. The van der Waals surface area contributed by atoms with Gasteiger partial charge in [-0.05, 0) is 25.3 Å². The van der Waals surface area contributed by atoms with Gasteiger partial charge in [0.05, 0.1) is 17.0 Å². The molecule has 9 nitrogen and oxygen atoms in total. The molecule has 2 aliphatic heterocycles. The van der Waals surface area contributed by atoms with Crippen LogP contribution < -0.4 is 10.6 Å². The minimum Gasteiger partial charge on any atom is -0.366 e. The molecule has 2 aliphatic rings. The molecule has 3 rings (SSSR count). The van der Waals surface area contributed by atoms with Crippen molar-refractivity contribution in [3.8, 4) is 6.07 Å².